The molecule has 102 valence electrons. The first-order valence-electron chi connectivity index (χ1n) is 7.09. The molecule has 0 aromatic rings. The van der Waals surface area contributed by atoms with Gasteiger partial charge >= 0.3 is 0 Å². The van der Waals surface area contributed by atoms with Crippen molar-refractivity contribution >= 4 is 11.6 Å². The van der Waals surface area contributed by atoms with Crippen molar-refractivity contribution < 1.29 is 9.59 Å². The molecule has 0 radical (unpaired) electrons. The summed E-state index contributed by atoms with van der Waals surface area (Å²) in [6.45, 7) is 7.85. The highest BCUT2D eigenvalue weighted by atomic mass is 16.1. The monoisotopic (exact) mass is 242 g/mol. The van der Waals surface area contributed by atoms with E-state index in [0.29, 0.717) is 18.0 Å². The van der Waals surface area contributed by atoms with Crippen LogP contribution in [0.1, 0.15) is 85.5 Å². The van der Waals surface area contributed by atoms with Crippen LogP contribution in [0.5, 0.6) is 0 Å². The molecular formula is C15H30O2. The van der Waals surface area contributed by atoms with Gasteiger partial charge < -0.3 is 4.79 Å². The first-order valence-corrected chi connectivity index (χ1v) is 7.09. The second kappa shape index (κ2) is 15.3. The lowest BCUT2D eigenvalue weighted by molar-refractivity contribution is -0.119. The van der Waals surface area contributed by atoms with Crippen LogP contribution >= 0.6 is 0 Å². The Balaban J connectivity index is 0. The molecule has 0 fully saturated rings. The molecule has 0 atom stereocenters. The van der Waals surface area contributed by atoms with Gasteiger partial charge in [0.2, 0.25) is 0 Å². The van der Waals surface area contributed by atoms with Gasteiger partial charge in [0.25, 0.3) is 0 Å². The van der Waals surface area contributed by atoms with Crippen LogP contribution in [0.15, 0.2) is 0 Å². The van der Waals surface area contributed by atoms with E-state index in [2.05, 4.69) is 13.8 Å². The zero-order valence-electron chi connectivity index (χ0n) is 12.2. The molecule has 0 aromatic heterocycles. The normalized spacial score (nSPS) is 9.41. The fourth-order valence-electron chi connectivity index (χ4n) is 1.35. The van der Waals surface area contributed by atoms with Crippen molar-refractivity contribution in [2.75, 3.05) is 0 Å². The van der Waals surface area contributed by atoms with Gasteiger partial charge in [-0.25, -0.2) is 0 Å². The van der Waals surface area contributed by atoms with Crippen molar-refractivity contribution in [2.45, 2.75) is 85.5 Å². The number of carbonyl (C=O) groups is 2. The van der Waals surface area contributed by atoms with Gasteiger partial charge in [-0.15, -0.1) is 0 Å². The topological polar surface area (TPSA) is 34.1 Å². The minimum absolute atomic E-state index is 0.325. The predicted molar refractivity (Wildman–Crippen MR) is 74.3 cm³/mol. The number of hydrogen-bond acceptors (Lipinski definition) is 2. The highest BCUT2D eigenvalue weighted by molar-refractivity contribution is 5.77. The van der Waals surface area contributed by atoms with Crippen LogP contribution in [0.4, 0.5) is 0 Å². The lowest BCUT2D eigenvalue weighted by Crippen LogP contribution is -1.92. The van der Waals surface area contributed by atoms with Crippen molar-refractivity contribution in [1.29, 1.82) is 0 Å². The highest BCUT2D eigenvalue weighted by Crippen LogP contribution is 2.01. The minimum Gasteiger partial charge on any atom is -0.300 e. The lowest BCUT2D eigenvalue weighted by Gasteiger charge is -1.93. The third-order valence-electron chi connectivity index (χ3n) is 2.59. The van der Waals surface area contributed by atoms with Gasteiger partial charge in [0.1, 0.15) is 11.6 Å². The van der Waals surface area contributed by atoms with Gasteiger partial charge in [0.15, 0.2) is 0 Å². The van der Waals surface area contributed by atoms with Crippen molar-refractivity contribution in [3.63, 3.8) is 0 Å². The molecule has 0 aliphatic carbocycles. The second-order valence-electron chi connectivity index (χ2n) is 4.51. The van der Waals surface area contributed by atoms with Gasteiger partial charge in [-0.05, 0) is 19.8 Å². The number of rotatable bonds is 9. The molecule has 0 amide bonds. The Labute approximate surface area is 107 Å². The molecule has 0 aliphatic heterocycles. The molecule has 0 spiro atoms. The molecule has 0 rings (SSSR count). The van der Waals surface area contributed by atoms with Gasteiger partial charge in [-0.2, -0.15) is 0 Å². The van der Waals surface area contributed by atoms with Crippen LogP contribution < -0.4 is 0 Å². The van der Waals surface area contributed by atoms with Crippen molar-refractivity contribution in [2.24, 2.45) is 0 Å². The number of Topliss-reactive ketones (excluding diaryl/α,β-unsaturated/α-hetero) is 2. The average molecular weight is 242 g/mol. The molecule has 0 heterocycles. The van der Waals surface area contributed by atoms with Crippen LogP contribution in [0.25, 0.3) is 0 Å². The molecule has 0 saturated heterocycles. The fraction of sp³-hybridized carbons (Fsp3) is 0.867. The molecule has 0 unspecified atom stereocenters. The van der Waals surface area contributed by atoms with E-state index in [0.717, 1.165) is 32.1 Å². The van der Waals surface area contributed by atoms with E-state index in [1.165, 1.54) is 19.3 Å². The second-order valence-corrected chi connectivity index (χ2v) is 4.51. The van der Waals surface area contributed by atoms with Crippen molar-refractivity contribution in [3.05, 3.63) is 0 Å². The maximum atomic E-state index is 10.6. The molecule has 17 heavy (non-hydrogen) atoms. The maximum Gasteiger partial charge on any atom is 0.132 e. The summed E-state index contributed by atoms with van der Waals surface area (Å²) in [7, 11) is 0. The Kier molecular flexibility index (Phi) is 16.9. The summed E-state index contributed by atoms with van der Waals surface area (Å²) in [5.74, 6) is 0.720. The highest BCUT2D eigenvalue weighted by Gasteiger charge is 1.93. The zero-order valence-corrected chi connectivity index (χ0v) is 12.2. The molecule has 0 aromatic carbocycles. The summed E-state index contributed by atoms with van der Waals surface area (Å²) in [4.78, 5) is 21.0. The number of ketones is 2. The quantitative estimate of drug-likeness (QED) is 0.549. The molecule has 0 bridgehead atoms. The first-order chi connectivity index (χ1) is 8.08. The third kappa shape index (κ3) is 21.2. The van der Waals surface area contributed by atoms with Crippen LogP contribution in [-0.4, -0.2) is 11.6 Å². The Morgan fingerprint density at radius 3 is 1.76 bits per heavy atom. The Morgan fingerprint density at radius 2 is 1.35 bits per heavy atom. The third-order valence-corrected chi connectivity index (χ3v) is 2.59. The van der Waals surface area contributed by atoms with E-state index in [1.54, 1.807) is 6.92 Å². The van der Waals surface area contributed by atoms with Gasteiger partial charge in [0, 0.05) is 19.3 Å². The number of carbonyl (C=O) groups excluding carboxylic acids is 2. The SMILES string of the molecule is CCCCC(=O)CC.CCCCCCC(C)=O. The number of unbranched alkanes of at least 4 members (excludes halogenated alkanes) is 4. The summed E-state index contributed by atoms with van der Waals surface area (Å²) < 4.78 is 0. The molecular weight excluding hydrogens is 212 g/mol. The van der Waals surface area contributed by atoms with Crippen LogP contribution in [0, 0.1) is 0 Å². The summed E-state index contributed by atoms with van der Waals surface area (Å²) in [6, 6.07) is 0. The zero-order chi connectivity index (χ0) is 13.5. The summed E-state index contributed by atoms with van der Waals surface area (Å²) in [6.07, 6.45) is 9.29. The molecule has 0 N–H and O–H groups in total. The van der Waals surface area contributed by atoms with E-state index in [1.807, 2.05) is 6.92 Å². The van der Waals surface area contributed by atoms with E-state index < -0.39 is 0 Å². The van der Waals surface area contributed by atoms with Crippen LogP contribution in [0.2, 0.25) is 0 Å². The first kappa shape index (κ1) is 18.7. The van der Waals surface area contributed by atoms with Crippen molar-refractivity contribution in [3.8, 4) is 0 Å². The average Bonchev–Trinajstić information content (AvgIpc) is 2.32. The predicted octanol–water partition coefficient (Wildman–Crippen LogP) is 4.70. The molecule has 2 heteroatoms. The van der Waals surface area contributed by atoms with Gasteiger partial charge in [-0.1, -0.05) is 46.5 Å². The summed E-state index contributed by atoms with van der Waals surface area (Å²) in [5, 5.41) is 0. The van der Waals surface area contributed by atoms with Crippen molar-refractivity contribution in [1.82, 2.24) is 0 Å². The van der Waals surface area contributed by atoms with Gasteiger partial charge in [-0.3, -0.25) is 4.79 Å². The largest absolute Gasteiger partial charge is 0.300 e. The smallest absolute Gasteiger partial charge is 0.132 e. The van der Waals surface area contributed by atoms with Gasteiger partial charge in [0.05, 0.1) is 0 Å². The number of hydrogen-bond donors (Lipinski definition) is 0. The van der Waals surface area contributed by atoms with E-state index in [9.17, 15) is 9.59 Å². The van der Waals surface area contributed by atoms with Crippen LogP contribution in [-0.2, 0) is 9.59 Å². The minimum atomic E-state index is 0.325. The lowest BCUT2D eigenvalue weighted by atomic mass is 10.1. The Hall–Kier alpha value is -0.660. The summed E-state index contributed by atoms with van der Waals surface area (Å²) >= 11 is 0. The van der Waals surface area contributed by atoms with E-state index in [-0.39, 0.29) is 0 Å². The fourth-order valence-corrected chi connectivity index (χ4v) is 1.35. The standard InChI is InChI=1S/C8H16O.C7H14O/c1-3-4-5-6-7-8(2)9;1-3-5-6-7(8)4-2/h3-7H2,1-2H3;3-6H2,1-2H3. The summed E-state index contributed by atoms with van der Waals surface area (Å²) in [5.41, 5.74) is 0. The Morgan fingerprint density at radius 1 is 0.765 bits per heavy atom. The Bertz CT molecular complexity index is 185. The molecule has 0 saturated carbocycles. The van der Waals surface area contributed by atoms with E-state index >= 15 is 0 Å². The molecule has 0 aliphatic rings. The van der Waals surface area contributed by atoms with E-state index in [4.69, 9.17) is 0 Å². The molecule has 2 nitrogen and oxygen atoms in total. The maximum absolute atomic E-state index is 10.6. The van der Waals surface area contributed by atoms with Crippen LogP contribution in [0.3, 0.4) is 0 Å².